The van der Waals surface area contributed by atoms with Crippen LogP contribution in [0.4, 0.5) is 0 Å². The van der Waals surface area contributed by atoms with Gasteiger partial charge >= 0.3 is 0 Å². The molecule has 0 radical (unpaired) electrons. The van der Waals surface area contributed by atoms with Gasteiger partial charge in [0, 0.05) is 13.2 Å². The summed E-state index contributed by atoms with van der Waals surface area (Å²) in [4.78, 5) is 11.2. The monoisotopic (exact) mass is 219 g/mol. The van der Waals surface area contributed by atoms with Crippen molar-refractivity contribution in [2.24, 2.45) is 0 Å². The molecule has 0 spiro atoms. The van der Waals surface area contributed by atoms with Crippen molar-refractivity contribution in [2.45, 2.75) is 32.4 Å². The smallest absolute Gasteiger partial charge is 0.246 e. The van der Waals surface area contributed by atoms with Gasteiger partial charge in [-0.2, -0.15) is 0 Å². The molecule has 0 fully saturated rings. The Kier molecular flexibility index (Phi) is 8.27. The van der Waals surface area contributed by atoms with Crippen LogP contribution in [0.3, 0.4) is 0 Å². The fourth-order valence-corrected chi connectivity index (χ4v) is 1.19. The van der Waals surface area contributed by atoms with Crippen molar-refractivity contribution in [3.05, 3.63) is 0 Å². The van der Waals surface area contributed by atoms with E-state index in [0.717, 1.165) is 0 Å². The minimum absolute atomic E-state index is 0.0352. The molecule has 1 amide bonds. The number of ether oxygens (including phenoxy) is 2. The number of aliphatic hydroxyl groups is 1. The maximum Gasteiger partial charge on any atom is 0.246 e. The zero-order valence-corrected chi connectivity index (χ0v) is 9.66. The van der Waals surface area contributed by atoms with Gasteiger partial charge in [-0.25, -0.2) is 0 Å². The first-order valence-corrected chi connectivity index (χ1v) is 5.10. The number of aliphatic hydroxyl groups excluding tert-OH is 1. The molecule has 0 saturated carbocycles. The van der Waals surface area contributed by atoms with E-state index in [0.29, 0.717) is 19.6 Å². The highest BCUT2D eigenvalue weighted by Crippen LogP contribution is 1.96. The maximum atomic E-state index is 11.2. The van der Waals surface area contributed by atoms with E-state index in [1.165, 1.54) is 0 Å². The zero-order chi connectivity index (χ0) is 11.7. The SMILES string of the molecule is COCCOCC(=O)NC(C)CC(C)O. The average Bonchev–Trinajstić information content (AvgIpc) is 2.10. The van der Waals surface area contributed by atoms with Crippen LogP contribution >= 0.6 is 0 Å². The van der Waals surface area contributed by atoms with Crippen LogP contribution in [0.1, 0.15) is 20.3 Å². The van der Waals surface area contributed by atoms with Crippen LogP contribution in [-0.4, -0.2) is 50.1 Å². The number of methoxy groups -OCH3 is 1. The van der Waals surface area contributed by atoms with E-state index in [-0.39, 0.29) is 18.6 Å². The molecule has 5 nitrogen and oxygen atoms in total. The van der Waals surface area contributed by atoms with Gasteiger partial charge in [-0.15, -0.1) is 0 Å². The van der Waals surface area contributed by atoms with E-state index in [4.69, 9.17) is 14.6 Å². The van der Waals surface area contributed by atoms with Crippen molar-refractivity contribution in [1.29, 1.82) is 0 Å². The Hall–Kier alpha value is -0.650. The zero-order valence-electron chi connectivity index (χ0n) is 9.66. The number of amides is 1. The first-order chi connectivity index (χ1) is 7.06. The predicted molar refractivity (Wildman–Crippen MR) is 56.6 cm³/mol. The lowest BCUT2D eigenvalue weighted by Crippen LogP contribution is -2.37. The van der Waals surface area contributed by atoms with E-state index >= 15 is 0 Å². The highest BCUT2D eigenvalue weighted by molar-refractivity contribution is 5.77. The van der Waals surface area contributed by atoms with Gasteiger partial charge in [0.1, 0.15) is 6.61 Å². The standard InChI is InChI=1S/C10H21NO4/c1-8(6-9(2)12)11-10(13)7-15-5-4-14-3/h8-9,12H,4-7H2,1-3H3,(H,11,13). The van der Waals surface area contributed by atoms with Crippen LogP contribution in [0, 0.1) is 0 Å². The molecular weight excluding hydrogens is 198 g/mol. The van der Waals surface area contributed by atoms with Gasteiger partial charge in [0.05, 0.1) is 19.3 Å². The molecule has 0 aliphatic rings. The lowest BCUT2D eigenvalue weighted by atomic mass is 10.1. The summed E-state index contributed by atoms with van der Waals surface area (Å²) < 4.78 is 9.81. The van der Waals surface area contributed by atoms with Gasteiger partial charge in [-0.05, 0) is 20.3 Å². The second kappa shape index (κ2) is 8.64. The number of hydrogen-bond acceptors (Lipinski definition) is 4. The molecule has 0 aliphatic carbocycles. The minimum atomic E-state index is -0.408. The fraction of sp³-hybridized carbons (Fsp3) is 0.900. The van der Waals surface area contributed by atoms with Crippen molar-refractivity contribution in [1.82, 2.24) is 5.32 Å². The van der Waals surface area contributed by atoms with Crippen LogP contribution in [0.5, 0.6) is 0 Å². The van der Waals surface area contributed by atoms with Gasteiger partial charge in [0.15, 0.2) is 0 Å². The molecule has 0 aliphatic heterocycles. The van der Waals surface area contributed by atoms with Gasteiger partial charge in [0.2, 0.25) is 5.91 Å². The van der Waals surface area contributed by atoms with Crippen LogP contribution in [0.15, 0.2) is 0 Å². The summed E-state index contributed by atoms with van der Waals surface area (Å²) in [6.45, 7) is 4.47. The van der Waals surface area contributed by atoms with Crippen LogP contribution in [-0.2, 0) is 14.3 Å². The van der Waals surface area contributed by atoms with E-state index in [1.54, 1.807) is 14.0 Å². The quantitative estimate of drug-likeness (QED) is 0.561. The van der Waals surface area contributed by atoms with Crippen molar-refractivity contribution in [2.75, 3.05) is 26.9 Å². The maximum absolute atomic E-state index is 11.2. The summed E-state index contributed by atoms with van der Waals surface area (Å²) in [5.41, 5.74) is 0. The Morgan fingerprint density at radius 2 is 2.07 bits per heavy atom. The van der Waals surface area contributed by atoms with E-state index < -0.39 is 6.10 Å². The molecule has 0 bridgehead atoms. The van der Waals surface area contributed by atoms with Crippen molar-refractivity contribution in [3.8, 4) is 0 Å². The summed E-state index contributed by atoms with van der Waals surface area (Å²) >= 11 is 0. The van der Waals surface area contributed by atoms with Crippen LogP contribution in [0.2, 0.25) is 0 Å². The van der Waals surface area contributed by atoms with Gasteiger partial charge < -0.3 is 19.9 Å². The van der Waals surface area contributed by atoms with Crippen molar-refractivity contribution in [3.63, 3.8) is 0 Å². The highest BCUT2D eigenvalue weighted by atomic mass is 16.5. The molecular formula is C10H21NO4. The van der Waals surface area contributed by atoms with E-state index in [1.807, 2.05) is 6.92 Å². The Morgan fingerprint density at radius 1 is 1.40 bits per heavy atom. The second-order valence-corrected chi connectivity index (χ2v) is 3.60. The topological polar surface area (TPSA) is 67.8 Å². The van der Waals surface area contributed by atoms with Gasteiger partial charge in [-0.3, -0.25) is 4.79 Å². The summed E-state index contributed by atoms with van der Waals surface area (Å²) in [6.07, 6.45) is 0.138. The van der Waals surface area contributed by atoms with Crippen molar-refractivity contribution >= 4 is 5.91 Å². The molecule has 0 heterocycles. The normalized spacial score (nSPS) is 14.7. The lowest BCUT2D eigenvalue weighted by Gasteiger charge is -2.15. The molecule has 90 valence electrons. The van der Waals surface area contributed by atoms with E-state index in [2.05, 4.69) is 5.32 Å². The minimum Gasteiger partial charge on any atom is -0.393 e. The predicted octanol–water partition coefficient (Wildman–Crippen LogP) is -0.0750. The number of nitrogens with one attached hydrogen (secondary N) is 1. The van der Waals surface area contributed by atoms with Crippen LogP contribution in [0.25, 0.3) is 0 Å². The molecule has 2 unspecified atom stereocenters. The molecule has 0 aromatic rings. The number of rotatable bonds is 8. The molecule has 0 saturated heterocycles. The molecule has 0 aromatic carbocycles. The highest BCUT2D eigenvalue weighted by Gasteiger charge is 2.09. The first kappa shape index (κ1) is 14.3. The van der Waals surface area contributed by atoms with E-state index in [9.17, 15) is 4.79 Å². The van der Waals surface area contributed by atoms with Crippen LogP contribution < -0.4 is 5.32 Å². The lowest BCUT2D eigenvalue weighted by molar-refractivity contribution is -0.126. The molecule has 2 N–H and O–H groups in total. The average molecular weight is 219 g/mol. The fourth-order valence-electron chi connectivity index (χ4n) is 1.19. The summed E-state index contributed by atoms with van der Waals surface area (Å²) in [5, 5.41) is 11.8. The molecule has 5 heteroatoms. The Bertz CT molecular complexity index is 173. The number of hydrogen-bond donors (Lipinski definition) is 2. The molecule has 2 atom stereocenters. The third-order valence-corrected chi connectivity index (χ3v) is 1.77. The number of carbonyl (C=O) groups excluding carboxylic acids is 1. The second-order valence-electron chi connectivity index (χ2n) is 3.60. The summed E-state index contributed by atoms with van der Waals surface area (Å²) in [7, 11) is 1.58. The molecule has 0 rings (SSSR count). The third-order valence-electron chi connectivity index (χ3n) is 1.77. The number of carbonyl (C=O) groups is 1. The largest absolute Gasteiger partial charge is 0.393 e. The van der Waals surface area contributed by atoms with Gasteiger partial charge in [-0.1, -0.05) is 0 Å². The Morgan fingerprint density at radius 3 is 2.60 bits per heavy atom. The summed E-state index contributed by atoms with van der Waals surface area (Å²) in [6, 6.07) is -0.0384. The molecule has 0 aromatic heterocycles. The Balaban J connectivity index is 3.47. The first-order valence-electron chi connectivity index (χ1n) is 5.10. The molecule has 15 heavy (non-hydrogen) atoms. The summed E-state index contributed by atoms with van der Waals surface area (Å²) in [5.74, 6) is -0.167. The van der Waals surface area contributed by atoms with Crippen molar-refractivity contribution < 1.29 is 19.4 Å². The third kappa shape index (κ3) is 9.65. The van der Waals surface area contributed by atoms with Gasteiger partial charge in [0.25, 0.3) is 0 Å². The Labute approximate surface area is 90.8 Å².